The van der Waals surface area contributed by atoms with Gasteiger partial charge in [-0.3, -0.25) is 9.48 Å². The molecule has 0 bridgehead atoms. The van der Waals surface area contributed by atoms with E-state index in [1.807, 2.05) is 44.3 Å². The average Bonchev–Trinajstić information content (AvgIpc) is 2.85. The Labute approximate surface area is 127 Å². The molecule has 0 radical (unpaired) electrons. The lowest BCUT2D eigenvalue weighted by Gasteiger charge is -2.05. The van der Waals surface area contributed by atoms with Crippen molar-refractivity contribution < 1.29 is 9.53 Å². The van der Waals surface area contributed by atoms with Gasteiger partial charge in [0.15, 0.2) is 6.61 Å². The number of rotatable bonds is 4. The number of fused-ring (bicyclic) bond motifs is 1. The third-order valence-corrected chi connectivity index (χ3v) is 3.24. The zero-order valence-electron chi connectivity index (χ0n) is 12.4. The number of amides is 1. The summed E-state index contributed by atoms with van der Waals surface area (Å²) in [6, 6.07) is 11.3. The van der Waals surface area contributed by atoms with Crippen LogP contribution in [0.4, 0.5) is 5.82 Å². The normalized spacial score (nSPS) is 10.6. The molecule has 0 aliphatic heterocycles. The molecule has 0 fully saturated rings. The van der Waals surface area contributed by atoms with Crippen molar-refractivity contribution in [3.63, 3.8) is 0 Å². The van der Waals surface area contributed by atoms with Gasteiger partial charge in [0.05, 0.1) is 10.9 Å². The molecule has 2 heterocycles. The van der Waals surface area contributed by atoms with Gasteiger partial charge < -0.3 is 10.1 Å². The molecule has 3 rings (SSSR count). The fourth-order valence-corrected chi connectivity index (χ4v) is 2.14. The Balaban J connectivity index is 1.66. The molecule has 0 atom stereocenters. The molecule has 0 saturated carbocycles. The number of nitrogens with one attached hydrogen (secondary N) is 1. The Hall–Kier alpha value is -2.89. The molecule has 6 nitrogen and oxygen atoms in total. The van der Waals surface area contributed by atoms with E-state index in [4.69, 9.17) is 4.74 Å². The van der Waals surface area contributed by atoms with Crippen molar-refractivity contribution in [2.24, 2.45) is 7.05 Å². The predicted molar refractivity (Wildman–Crippen MR) is 83.8 cm³/mol. The highest BCUT2D eigenvalue weighted by atomic mass is 16.5. The summed E-state index contributed by atoms with van der Waals surface area (Å²) >= 11 is 0. The molecule has 1 N–H and O–H groups in total. The molecule has 0 aliphatic rings. The van der Waals surface area contributed by atoms with Crippen molar-refractivity contribution in [3.8, 4) is 5.88 Å². The van der Waals surface area contributed by atoms with Crippen LogP contribution in [0, 0.1) is 6.92 Å². The minimum Gasteiger partial charge on any atom is -0.466 e. The lowest BCUT2D eigenvalue weighted by molar-refractivity contribution is -0.118. The number of carbonyl (C=O) groups is 1. The van der Waals surface area contributed by atoms with Gasteiger partial charge in [-0.15, -0.1) is 5.10 Å². The Morgan fingerprint density at radius 3 is 2.86 bits per heavy atom. The Morgan fingerprint density at radius 1 is 1.27 bits per heavy atom. The zero-order valence-corrected chi connectivity index (χ0v) is 12.4. The molecule has 0 saturated heterocycles. The minimum atomic E-state index is -0.272. The van der Waals surface area contributed by atoms with Crippen molar-refractivity contribution in [3.05, 3.63) is 48.2 Å². The first-order chi connectivity index (χ1) is 10.6. The van der Waals surface area contributed by atoms with E-state index in [0.29, 0.717) is 11.7 Å². The number of benzene rings is 1. The van der Waals surface area contributed by atoms with Crippen LogP contribution in [-0.2, 0) is 11.8 Å². The summed E-state index contributed by atoms with van der Waals surface area (Å²) in [5, 5.41) is 7.84. The van der Waals surface area contributed by atoms with Crippen LogP contribution in [0.25, 0.3) is 10.9 Å². The van der Waals surface area contributed by atoms with E-state index in [1.54, 1.807) is 16.9 Å². The second-order valence-electron chi connectivity index (χ2n) is 5.00. The van der Waals surface area contributed by atoms with Gasteiger partial charge >= 0.3 is 0 Å². The second-order valence-corrected chi connectivity index (χ2v) is 5.00. The summed E-state index contributed by atoms with van der Waals surface area (Å²) < 4.78 is 7.25. The summed E-state index contributed by atoms with van der Waals surface area (Å²) in [6.07, 6.45) is 1.70. The van der Waals surface area contributed by atoms with Gasteiger partial charge in [0, 0.05) is 13.2 Å². The number of ether oxygens (including phenoxy) is 1. The van der Waals surface area contributed by atoms with Crippen molar-refractivity contribution in [1.29, 1.82) is 0 Å². The van der Waals surface area contributed by atoms with Gasteiger partial charge in [0.2, 0.25) is 5.88 Å². The molecule has 3 aromatic rings. The molecule has 2 aromatic heterocycles. The maximum atomic E-state index is 11.9. The second kappa shape index (κ2) is 5.85. The van der Waals surface area contributed by atoms with Crippen LogP contribution in [0.1, 0.15) is 5.56 Å². The number of anilines is 1. The first-order valence-corrected chi connectivity index (χ1v) is 6.90. The van der Waals surface area contributed by atoms with E-state index < -0.39 is 0 Å². The van der Waals surface area contributed by atoms with Gasteiger partial charge in [-0.25, -0.2) is 4.98 Å². The summed E-state index contributed by atoms with van der Waals surface area (Å²) in [5.74, 6) is 0.682. The fraction of sp³-hybridized carbons (Fsp3) is 0.188. The monoisotopic (exact) mass is 296 g/mol. The van der Waals surface area contributed by atoms with E-state index >= 15 is 0 Å². The molecular weight excluding hydrogens is 280 g/mol. The molecule has 1 aromatic carbocycles. The lowest BCUT2D eigenvalue weighted by Crippen LogP contribution is -2.21. The zero-order chi connectivity index (χ0) is 15.5. The summed E-state index contributed by atoms with van der Waals surface area (Å²) in [6.45, 7) is 1.82. The van der Waals surface area contributed by atoms with Crippen LogP contribution in [0.5, 0.6) is 5.88 Å². The SMILES string of the molecule is Cc1ccc(NC(=O)COc2nn(C)c3ccccc23)nc1. The maximum Gasteiger partial charge on any atom is 0.263 e. The summed E-state index contributed by atoms with van der Waals surface area (Å²) in [7, 11) is 1.84. The van der Waals surface area contributed by atoms with E-state index in [1.165, 1.54) is 0 Å². The lowest BCUT2D eigenvalue weighted by atomic mass is 10.2. The molecule has 0 unspecified atom stereocenters. The van der Waals surface area contributed by atoms with E-state index in [0.717, 1.165) is 16.5 Å². The van der Waals surface area contributed by atoms with Crippen molar-refractivity contribution in [1.82, 2.24) is 14.8 Å². The van der Waals surface area contributed by atoms with Gasteiger partial charge in [-0.2, -0.15) is 0 Å². The van der Waals surface area contributed by atoms with Crippen molar-refractivity contribution in [2.45, 2.75) is 6.92 Å². The van der Waals surface area contributed by atoms with E-state index in [-0.39, 0.29) is 12.5 Å². The maximum absolute atomic E-state index is 11.9. The third-order valence-electron chi connectivity index (χ3n) is 3.24. The Bertz CT molecular complexity index is 809. The number of nitrogens with zero attached hydrogens (tertiary/aromatic N) is 3. The van der Waals surface area contributed by atoms with Crippen LogP contribution < -0.4 is 10.1 Å². The van der Waals surface area contributed by atoms with E-state index in [9.17, 15) is 4.79 Å². The highest BCUT2D eigenvalue weighted by Gasteiger charge is 2.11. The van der Waals surface area contributed by atoms with Crippen LogP contribution in [0.3, 0.4) is 0 Å². The number of carbonyl (C=O) groups excluding carboxylic acids is 1. The molecular formula is C16H16N4O2. The number of aryl methyl sites for hydroxylation is 2. The molecule has 6 heteroatoms. The molecule has 22 heavy (non-hydrogen) atoms. The third kappa shape index (κ3) is 2.90. The van der Waals surface area contributed by atoms with Crippen LogP contribution in [0.2, 0.25) is 0 Å². The standard InChI is InChI=1S/C16H16N4O2/c1-11-7-8-14(17-9-11)18-15(21)10-22-16-12-5-3-4-6-13(12)20(2)19-16/h3-9H,10H2,1-2H3,(H,17,18,21). The molecule has 0 spiro atoms. The molecule has 112 valence electrons. The van der Waals surface area contributed by atoms with Crippen molar-refractivity contribution >= 4 is 22.6 Å². The summed E-state index contributed by atoms with van der Waals surface area (Å²) in [4.78, 5) is 16.0. The Kier molecular flexibility index (Phi) is 3.74. The quantitative estimate of drug-likeness (QED) is 0.802. The summed E-state index contributed by atoms with van der Waals surface area (Å²) in [5.41, 5.74) is 1.99. The average molecular weight is 296 g/mol. The van der Waals surface area contributed by atoms with Gasteiger partial charge in [0.25, 0.3) is 5.91 Å². The largest absolute Gasteiger partial charge is 0.466 e. The molecule has 1 amide bonds. The molecule has 0 aliphatic carbocycles. The first kappa shape index (κ1) is 14.1. The van der Waals surface area contributed by atoms with Crippen LogP contribution in [0.15, 0.2) is 42.6 Å². The predicted octanol–water partition coefficient (Wildman–Crippen LogP) is 2.29. The van der Waals surface area contributed by atoms with Crippen molar-refractivity contribution in [2.75, 3.05) is 11.9 Å². The topological polar surface area (TPSA) is 69.0 Å². The highest BCUT2D eigenvalue weighted by Crippen LogP contribution is 2.23. The van der Waals surface area contributed by atoms with E-state index in [2.05, 4.69) is 15.4 Å². The van der Waals surface area contributed by atoms with Crippen LogP contribution >= 0.6 is 0 Å². The minimum absolute atomic E-state index is 0.115. The fourth-order valence-electron chi connectivity index (χ4n) is 2.14. The van der Waals surface area contributed by atoms with Gasteiger partial charge in [-0.05, 0) is 30.7 Å². The number of aromatic nitrogens is 3. The van der Waals surface area contributed by atoms with Gasteiger partial charge in [0.1, 0.15) is 5.82 Å². The number of para-hydroxylation sites is 1. The highest BCUT2D eigenvalue weighted by molar-refractivity contribution is 5.91. The van der Waals surface area contributed by atoms with Gasteiger partial charge in [-0.1, -0.05) is 18.2 Å². The number of hydrogen-bond donors (Lipinski definition) is 1. The van der Waals surface area contributed by atoms with Crippen LogP contribution in [-0.4, -0.2) is 27.3 Å². The Morgan fingerprint density at radius 2 is 2.09 bits per heavy atom. The number of hydrogen-bond acceptors (Lipinski definition) is 4. The number of pyridine rings is 1. The first-order valence-electron chi connectivity index (χ1n) is 6.90. The smallest absolute Gasteiger partial charge is 0.263 e.